The molecular weight excluding hydrogens is 238 g/mol. The van der Waals surface area contributed by atoms with Gasteiger partial charge < -0.3 is 10.6 Å². The molecule has 2 rings (SSSR count). The van der Waals surface area contributed by atoms with Gasteiger partial charge in [0.1, 0.15) is 0 Å². The maximum atomic E-state index is 11.8. The molecule has 1 aliphatic rings. The molecule has 4 heteroatoms. The van der Waals surface area contributed by atoms with Crippen molar-refractivity contribution in [1.29, 1.82) is 0 Å². The van der Waals surface area contributed by atoms with Crippen molar-refractivity contribution in [3.63, 3.8) is 0 Å². The number of nitrogens with zero attached hydrogens (tertiary/aromatic N) is 2. The van der Waals surface area contributed by atoms with Crippen LogP contribution in [0.5, 0.6) is 0 Å². The highest BCUT2D eigenvalue weighted by Gasteiger charge is 2.39. The maximum absolute atomic E-state index is 11.8. The molecule has 1 atom stereocenters. The molecule has 0 spiro atoms. The summed E-state index contributed by atoms with van der Waals surface area (Å²) in [7, 11) is 2.07. The highest BCUT2D eigenvalue weighted by atomic mass is 16.1. The molecule has 104 valence electrons. The summed E-state index contributed by atoms with van der Waals surface area (Å²) in [5, 5.41) is 0. The van der Waals surface area contributed by atoms with E-state index >= 15 is 0 Å². The monoisotopic (exact) mass is 261 g/mol. The number of carbonyl (C=O) groups is 1. The Morgan fingerprint density at radius 2 is 2.21 bits per heavy atom. The number of pyridine rings is 1. The molecule has 2 heterocycles. The van der Waals surface area contributed by atoms with E-state index in [9.17, 15) is 4.79 Å². The first-order valence-corrected chi connectivity index (χ1v) is 7.00. The summed E-state index contributed by atoms with van der Waals surface area (Å²) >= 11 is 0. The van der Waals surface area contributed by atoms with Crippen LogP contribution in [-0.2, 0) is 11.2 Å². The highest BCUT2D eigenvalue weighted by Crippen LogP contribution is 2.34. The lowest BCUT2D eigenvalue weighted by molar-refractivity contribution is -0.131. The van der Waals surface area contributed by atoms with E-state index in [1.165, 1.54) is 5.56 Å². The quantitative estimate of drug-likeness (QED) is 0.876. The summed E-state index contributed by atoms with van der Waals surface area (Å²) in [6.07, 6.45) is 8.50. The second-order valence-electron chi connectivity index (χ2n) is 5.69. The van der Waals surface area contributed by atoms with E-state index in [4.69, 9.17) is 5.73 Å². The first kappa shape index (κ1) is 14.0. The summed E-state index contributed by atoms with van der Waals surface area (Å²) in [4.78, 5) is 18.1. The van der Waals surface area contributed by atoms with Crippen LogP contribution in [-0.4, -0.2) is 35.9 Å². The van der Waals surface area contributed by atoms with Crippen LogP contribution in [0.1, 0.15) is 31.2 Å². The normalized spacial score (nSPS) is 24.3. The molecule has 1 amide bonds. The van der Waals surface area contributed by atoms with Gasteiger partial charge >= 0.3 is 0 Å². The van der Waals surface area contributed by atoms with Gasteiger partial charge in [-0.2, -0.15) is 0 Å². The fraction of sp³-hybridized carbons (Fsp3) is 0.600. The van der Waals surface area contributed by atoms with E-state index in [1.807, 2.05) is 24.5 Å². The molecule has 0 aromatic carbocycles. The molecule has 1 saturated heterocycles. The second-order valence-corrected chi connectivity index (χ2v) is 5.69. The molecule has 1 unspecified atom stereocenters. The van der Waals surface area contributed by atoms with Crippen molar-refractivity contribution in [3.05, 3.63) is 30.1 Å². The standard InChI is InChI=1S/C15H23N3O/c1-18-11-3-8-15(12-18,14(16)19)7-2-4-13-5-9-17-10-6-13/h5-6,9-10H,2-4,7-8,11-12H2,1H3,(H2,16,19). The van der Waals surface area contributed by atoms with E-state index in [1.54, 1.807) is 0 Å². The van der Waals surface area contributed by atoms with Crippen LogP contribution in [0.15, 0.2) is 24.5 Å². The average Bonchev–Trinajstić information content (AvgIpc) is 2.40. The number of aromatic nitrogens is 1. The number of hydrogen-bond acceptors (Lipinski definition) is 3. The number of primary amides is 1. The van der Waals surface area contributed by atoms with Gasteiger partial charge in [0, 0.05) is 18.9 Å². The van der Waals surface area contributed by atoms with Gasteiger partial charge in [0.15, 0.2) is 0 Å². The summed E-state index contributed by atoms with van der Waals surface area (Å²) in [6, 6.07) is 4.06. The number of rotatable bonds is 5. The van der Waals surface area contributed by atoms with E-state index in [0.29, 0.717) is 0 Å². The lowest BCUT2D eigenvalue weighted by Gasteiger charge is -2.39. The first-order valence-electron chi connectivity index (χ1n) is 7.00. The lowest BCUT2D eigenvalue weighted by Crippen LogP contribution is -2.49. The van der Waals surface area contributed by atoms with E-state index in [-0.39, 0.29) is 11.3 Å². The zero-order valence-electron chi connectivity index (χ0n) is 11.6. The first-order chi connectivity index (χ1) is 9.12. The summed E-state index contributed by atoms with van der Waals surface area (Å²) in [6.45, 7) is 1.87. The van der Waals surface area contributed by atoms with Crippen molar-refractivity contribution < 1.29 is 4.79 Å². The third-order valence-corrected chi connectivity index (χ3v) is 4.16. The van der Waals surface area contributed by atoms with Crippen LogP contribution >= 0.6 is 0 Å². The van der Waals surface area contributed by atoms with Gasteiger partial charge in [0.2, 0.25) is 5.91 Å². The largest absolute Gasteiger partial charge is 0.369 e. The Bertz CT molecular complexity index is 421. The SMILES string of the molecule is CN1CCCC(CCCc2ccncc2)(C(N)=O)C1. The van der Waals surface area contributed by atoms with E-state index in [0.717, 1.165) is 45.2 Å². The molecule has 19 heavy (non-hydrogen) atoms. The maximum Gasteiger partial charge on any atom is 0.224 e. The van der Waals surface area contributed by atoms with Crippen LogP contribution in [0.2, 0.25) is 0 Å². The van der Waals surface area contributed by atoms with Gasteiger partial charge in [-0.15, -0.1) is 0 Å². The van der Waals surface area contributed by atoms with Crippen molar-refractivity contribution in [2.45, 2.75) is 32.1 Å². The number of nitrogens with two attached hydrogens (primary N) is 1. The molecule has 1 aromatic heterocycles. The van der Waals surface area contributed by atoms with Gasteiger partial charge in [-0.1, -0.05) is 0 Å². The third-order valence-electron chi connectivity index (χ3n) is 4.16. The third kappa shape index (κ3) is 3.53. The summed E-state index contributed by atoms with van der Waals surface area (Å²) < 4.78 is 0. The molecular formula is C15H23N3O. The predicted octanol–water partition coefficient (Wildman–Crippen LogP) is 1.60. The van der Waals surface area contributed by atoms with E-state index in [2.05, 4.69) is 16.9 Å². The fourth-order valence-electron chi connectivity index (χ4n) is 3.07. The molecule has 0 aliphatic carbocycles. The van der Waals surface area contributed by atoms with Crippen LogP contribution in [0.3, 0.4) is 0 Å². The fourth-order valence-corrected chi connectivity index (χ4v) is 3.07. The van der Waals surface area contributed by atoms with Gasteiger partial charge in [-0.25, -0.2) is 0 Å². The molecule has 0 radical (unpaired) electrons. The van der Waals surface area contributed by atoms with Gasteiger partial charge in [0.25, 0.3) is 0 Å². The smallest absolute Gasteiger partial charge is 0.224 e. The van der Waals surface area contributed by atoms with Crippen molar-refractivity contribution in [2.24, 2.45) is 11.1 Å². The molecule has 1 fully saturated rings. The molecule has 0 bridgehead atoms. The molecule has 4 nitrogen and oxygen atoms in total. The van der Waals surface area contributed by atoms with E-state index < -0.39 is 0 Å². The lowest BCUT2D eigenvalue weighted by atomic mass is 9.75. The Kier molecular flexibility index (Phi) is 4.53. The van der Waals surface area contributed by atoms with Crippen LogP contribution in [0.4, 0.5) is 0 Å². The van der Waals surface area contributed by atoms with Crippen LogP contribution in [0.25, 0.3) is 0 Å². The number of likely N-dealkylation sites (tertiary alicyclic amines) is 1. The Morgan fingerprint density at radius 1 is 1.47 bits per heavy atom. The van der Waals surface area contributed by atoms with Crippen molar-refractivity contribution >= 4 is 5.91 Å². The van der Waals surface area contributed by atoms with Gasteiger partial charge in [0.05, 0.1) is 5.41 Å². The van der Waals surface area contributed by atoms with Crippen molar-refractivity contribution in [2.75, 3.05) is 20.1 Å². The molecule has 0 saturated carbocycles. The number of piperidine rings is 1. The van der Waals surface area contributed by atoms with Gasteiger partial charge in [-0.3, -0.25) is 9.78 Å². The van der Waals surface area contributed by atoms with Crippen LogP contribution < -0.4 is 5.73 Å². The number of aryl methyl sites for hydroxylation is 1. The second kappa shape index (κ2) is 6.15. The Balaban J connectivity index is 1.92. The minimum Gasteiger partial charge on any atom is -0.369 e. The Labute approximate surface area is 115 Å². The Hall–Kier alpha value is -1.42. The minimum absolute atomic E-state index is 0.131. The zero-order valence-corrected chi connectivity index (χ0v) is 11.6. The zero-order chi connectivity index (χ0) is 13.7. The molecule has 2 N–H and O–H groups in total. The molecule has 1 aromatic rings. The number of hydrogen-bond donors (Lipinski definition) is 1. The van der Waals surface area contributed by atoms with Crippen molar-refractivity contribution in [3.8, 4) is 0 Å². The predicted molar refractivity (Wildman–Crippen MR) is 75.5 cm³/mol. The minimum atomic E-state index is -0.319. The average molecular weight is 261 g/mol. The molecule has 1 aliphatic heterocycles. The van der Waals surface area contributed by atoms with Gasteiger partial charge in [-0.05, 0) is 63.4 Å². The topological polar surface area (TPSA) is 59.2 Å². The number of amides is 1. The summed E-state index contributed by atoms with van der Waals surface area (Å²) in [5.41, 5.74) is 6.63. The number of carbonyl (C=O) groups excluding carboxylic acids is 1. The van der Waals surface area contributed by atoms with Crippen LogP contribution in [0, 0.1) is 5.41 Å². The highest BCUT2D eigenvalue weighted by molar-refractivity contribution is 5.81. The van der Waals surface area contributed by atoms with Crippen molar-refractivity contribution in [1.82, 2.24) is 9.88 Å². The Morgan fingerprint density at radius 3 is 2.84 bits per heavy atom. The summed E-state index contributed by atoms with van der Waals surface area (Å²) in [5.74, 6) is -0.131.